The zero-order chi connectivity index (χ0) is 19.7. The van der Waals surface area contributed by atoms with Gasteiger partial charge in [-0.15, -0.1) is 0 Å². The standard InChI is InChI=1S/C20H23N5O3/c1-13-6-14(2)8-15(7-13)25-19-17(10-23-25)20(27)24(12-22-19)11-18(26)21-9-16-4-3-5-28-16/h6-8,10,12,16H,3-5,9,11H2,1-2H3,(H,21,26). The van der Waals surface area contributed by atoms with Crippen LogP contribution in [0, 0.1) is 13.8 Å². The summed E-state index contributed by atoms with van der Waals surface area (Å²) in [5.74, 6) is -0.236. The summed E-state index contributed by atoms with van der Waals surface area (Å²) in [6.07, 6.45) is 4.94. The number of aromatic nitrogens is 4. The smallest absolute Gasteiger partial charge is 0.264 e. The van der Waals surface area contributed by atoms with Crippen molar-refractivity contribution in [1.29, 1.82) is 0 Å². The molecule has 0 radical (unpaired) electrons. The number of ether oxygens (including phenoxy) is 1. The topological polar surface area (TPSA) is 91.0 Å². The number of aryl methyl sites for hydroxylation is 2. The molecular weight excluding hydrogens is 358 g/mol. The van der Waals surface area contributed by atoms with Crippen LogP contribution in [-0.2, 0) is 16.1 Å². The number of carbonyl (C=O) groups excluding carboxylic acids is 1. The number of hydrogen-bond donors (Lipinski definition) is 1. The fourth-order valence-electron chi connectivity index (χ4n) is 3.57. The number of fused-ring (bicyclic) bond motifs is 1. The van der Waals surface area contributed by atoms with Crippen LogP contribution in [0.15, 0.2) is 35.5 Å². The first kappa shape index (κ1) is 18.4. The summed E-state index contributed by atoms with van der Waals surface area (Å²) in [4.78, 5) is 29.3. The summed E-state index contributed by atoms with van der Waals surface area (Å²) in [6.45, 7) is 5.15. The highest BCUT2D eigenvalue weighted by Gasteiger charge is 2.17. The SMILES string of the molecule is Cc1cc(C)cc(-n2ncc3c(=O)n(CC(=O)NCC4CCCO4)cnc32)c1. The van der Waals surface area contributed by atoms with Crippen LogP contribution in [0.2, 0.25) is 0 Å². The molecule has 2 aromatic heterocycles. The Labute approximate surface area is 162 Å². The van der Waals surface area contributed by atoms with Gasteiger partial charge in [0.15, 0.2) is 5.65 Å². The maximum atomic E-state index is 12.8. The minimum absolute atomic E-state index is 0.0669. The number of amides is 1. The summed E-state index contributed by atoms with van der Waals surface area (Å²) < 4.78 is 8.45. The third-order valence-corrected chi connectivity index (χ3v) is 4.87. The van der Waals surface area contributed by atoms with Gasteiger partial charge in [0.2, 0.25) is 5.91 Å². The molecule has 28 heavy (non-hydrogen) atoms. The van der Waals surface area contributed by atoms with E-state index in [1.165, 1.54) is 17.1 Å². The second-order valence-corrected chi connectivity index (χ2v) is 7.26. The average Bonchev–Trinajstić information content (AvgIpc) is 3.31. The van der Waals surface area contributed by atoms with E-state index < -0.39 is 0 Å². The number of nitrogens with one attached hydrogen (secondary N) is 1. The van der Waals surface area contributed by atoms with Crippen molar-refractivity contribution in [3.8, 4) is 5.69 Å². The van der Waals surface area contributed by atoms with Gasteiger partial charge in [0, 0.05) is 13.2 Å². The van der Waals surface area contributed by atoms with Gasteiger partial charge in [0.1, 0.15) is 18.3 Å². The molecule has 1 amide bonds. The molecule has 8 heteroatoms. The van der Waals surface area contributed by atoms with Crippen molar-refractivity contribution in [2.24, 2.45) is 0 Å². The molecule has 0 bridgehead atoms. The summed E-state index contributed by atoms with van der Waals surface area (Å²) in [6, 6.07) is 6.06. The molecule has 1 fully saturated rings. The summed E-state index contributed by atoms with van der Waals surface area (Å²) in [5.41, 5.74) is 3.26. The van der Waals surface area contributed by atoms with Gasteiger partial charge >= 0.3 is 0 Å². The van der Waals surface area contributed by atoms with Gasteiger partial charge in [-0.1, -0.05) is 6.07 Å². The number of hydrogen-bond acceptors (Lipinski definition) is 5. The lowest BCUT2D eigenvalue weighted by Gasteiger charge is -2.11. The highest BCUT2D eigenvalue weighted by atomic mass is 16.5. The van der Waals surface area contributed by atoms with E-state index in [1.54, 1.807) is 4.68 Å². The molecule has 3 heterocycles. The first-order chi connectivity index (χ1) is 13.5. The van der Waals surface area contributed by atoms with Crippen molar-refractivity contribution in [2.75, 3.05) is 13.2 Å². The molecule has 0 spiro atoms. The highest BCUT2D eigenvalue weighted by molar-refractivity contribution is 5.77. The molecule has 8 nitrogen and oxygen atoms in total. The van der Waals surface area contributed by atoms with Crippen molar-refractivity contribution < 1.29 is 9.53 Å². The highest BCUT2D eigenvalue weighted by Crippen LogP contribution is 2.17. The molecule has 1 aliphatic heterocycles. The zero-order valence-electron chi connectivity index (χ0n) is 16.0. The summed E-state index contributed by atoms with van der Waals surface area (Å²) in [5, 5.41) is 7.54. The molecule has 1 atom stereocenters. The van der Waals surface area contributed by atoms with Gasteiger partial charge in [-0.25, -0.2) is 9.67 Å². The van der Waals surface area contributed by atoms with E-state index >= 15 is 0 Å². The third-order valence-electron chi connectivity index (χ3n) is 4.87. The van der Waals surface area contributed by atoms with Crippen LogP contribution in [0.25, 0.3) is 16.7 Å². The maximum absolute atomic E-state index is 12.8. The quantitative estimate of drug-likeness (QED) is 0.723. The van der Waals surface area contributed by atoms with Gasteiger partial charge in [0.25, 0.3) is 5.56 Å². The average molecular weight is 381 g/mol. The van der Waals surface area contributed by atoms with Crippen LogP contribution in [0.4, 0.5) is 0 Å². The maximum Gasteiger partial charge on any atom is 0.264 e. The van der Waals surface area contributed by atoms with Crippen LogP contribution >= 0.6 is 0 Å². The molecule has 0 saturated carbocycles. The fourth-order valence-corrected chi connectivity index (χ4v) is 3.57. The van der Waals surface area contributed by atoms with E-state index in [1.807, 2.05) is 26.0 Å². The van der Waals surface area contributed by atoms with Crippen molar-refractivity contribution >= 4 is 16.9 Å². The van der Waals surface area contributed by atoms with Gasteiger partial charge in [-0.3, -0.25) is 14.2 Å². The zero-order valence-corrected chi connectivity index (χ0v) is 16.0. The second kappa shape index (κ2) is 7.55. The predicted molar refractivity (Wildman–Crippen MR) is 105 cm³/mol. The van der Waals surface area contributed by atoms with Crippen LogP contribution in [0.1, 0.15) is 24.0 Å². The number of carbonyl (C=O) groups is 1. The number of rotatable bonds is 5. The van der Waals surface area contributed by atoms with Gasteiger partial charge in [0.05, 0.1) is 18.0 Å². The lowest BCUT2D eigenvalue weighted by atomic mass is 10.1. The Morgan fingerprint density at radius 3 is 2.79 bits per heavy atom. The molecule has 3 aromatic rings. The lowest BCUT2D eigenvalue weighted by Crippen LogP contribution is -2.36. The Kier molecular flexibility index (Phi) is 4.95. The molecule has 1 unspecified atom stereocenters. The van der Waals surface area contributed by atoms with Crippen molar-refractivity contribution in [2.45, 2.75) is 39.3 Å². The molecule has 1 aliphatic rings. The Morgan fingerprint density at radius 2 is 2.07 bits per heavy atom. The fraction of sp³-hybridized carbons (Fsp3) is 0.400. The Morgan fingerprint density at radius 1 is 1.29 bits per heavy atom. The largest absolute Gasteiger partial charge is 0.376 e. The van der Waals surface area contributed by atoms with E-state index in [0.717, 1.165) is 36.3 Å². The predicted octanol–water partition coefficient (Wildman–Crippen LogP) is 1.49. The number of benzene rings is 1. The Hall–Kier alpha value is -3.00. The number of nitrogens with zero attached hydrogens (tertiary/aromatic N) is 4. The van der Waals surface area contributed by atoms with Gasteiger partial charge < -0.3 is 10.1 Å². The lowest BCUT2D eigenvalue weighted by molar-refractivity contribution is -0.122. The van der Waals surface area contributed by atoms with E-state index in [2.05, 4.69) is 21.5 Å². The molecular formula is C20H23N5O3. The first-order valence-electron chi connectivity index (χ1n) is 9.41. The minimum atomic E-state index is -0.284. The van der Waals surface area contributed by atoms with E-state index in [-0.39, 0.29) is 24.1 Å². The van der Waals surface area contributed by atoms with E-state index in [0.29, 0.717) is 17.6 Å². The van der Waals surface area contributed by atoms with Crippen LogP contribution < -0.4 is 10.9 Å². The van der Waals surface area contributed by atoms with Crippen LogP contribution in [0.3, 0.4) is 0 Å². The van der Waals surface area contributed by atoms with Crippen molar-refractivity contribution in [3.63, 3.8) is 0 Å². The van der Waals surface area contributed by atoms with E-state index in [4.69, 9.17) is 4.74 Å². The molecule has 4 rings (SSSR count). The van der Waals surface area contributed by atoms with Gasteiger partial charge in [-0.05, 0) is 49.9 Å². The van der Waals surface area contributed by atoms with E-state index in [9.17, 15) is 9.59 Å². The molecule has 1 aromatic carbocycles. The Balaban J connectivity index is 1.56. The molecule has 1 saturated heterocycles. The third kappa shape index (κ3) is 3.68. The van der Waals surface area contributed by atoms with Crippen LogP contribution in [-0.4, -0.2) is 44.5 Å². The first-order valence-corrected chi connectivity index (χ1v) is 9.41. The minimum Gasteiger partial charge on any atom is -0.376 e. The molecule has 1 N–H and O–H groups in total. The molecule has 0 aliphatic carbocycles. The normalized spacial score (nSPS) is 16.6. The Bertz CT molecular complexity index is 1060. The van der Waals surface area contributed by atoms with Gasteiger partial charge in [-0.2, -0.15) is 5.10 Å². The summed E-state index contributed by atoms with van der Waals surface area (Å²) in [7, 11) is 0. The second-order valence-electron chi connectivity index (χ2n) is 7.26. The molecule has 146 valence electrons. The monoisotopic (exact) mass is 381 g/mol. The van der Waals surface area contributed by atoms with Crippen molar-refractivity contribution in [1.82, 2.24) is 24.6 Å². The summed E-state index contributed by atoms with van der Waals surface area (Å²) >= 11 is 0. The van der Waals surface area contributed by atoms with Crippen LogP contribution in [0.5, 0.6) is 0 Å². The van der Waals surface area contributed by atoms with Crippen molar-refractivity contribution in [3.05, 3.63) is 52.2 Å².